The van der Waals surface area contributed by atoms with Gasteiger partial charge in [0.1, 0.15) is 0 Å². The van der Waals surface area contributed by atoms with Crippen LogP contribution in [0.5, 0.6) is 0 Å². The van der Waals surface area contributed by atoms with Gasteiger partial charge in [-0.3, -0.25) is 0 Å². The minimum atomic E-state index is -1.53. The van der Waals surface area contributed by atoms with Crippen LogP contribution in [0.4, 0.5) is 0 Å². The van der Waals surface area contributed by atoms with E-state index in [2.05, 4.69) is 63.4 Å². The second kappa shape index (κ2) is 5.85. The third-order valence-electron chi connectivity index (χ3n) is 3.15. The first-order chi connectivity index (χ1) is 6.24. The quantitative estimate of drug-likeness (QED) is 0.407. The van der Waals surface area contributed by atoms with Crippen LogP contribution < -0.4 is 0 Å². The van der Waals surface area contributed by atoms with Crippen LogP contribution in [0.2, 0.25) is 18.1 Å². The van der Waals surface area contributed by atoms with E-state index in [0.717, 1.165) is 6.42 Å². The van der Waals surface area contributed by atoms with Crippen molar-refractivity contribution < 1.29 is 4.43 Å². The molecule has 0 radical (unpaired) electrons. The van der Waals surface area contributed by atoms with Crippen molar-refractivity contribution in [3.05, 3.63) is 0 Å². The van der Waals surface area contributed by atoms with Gasteiger partial charge in [-0.2, -0.15) is 0 Å². The zero-order chi connectivity index (χ0) is 11.4. The molecule has 86 valence electrons. The SMILES string of the molecule is CCC(CCI)O[Si](C)(C)C(C)(C)C. The monoisotopic (exact) mass is 328 g/mol. The van der Waals surface area contributed by atoms with E-state index < -0.39 is 8.32 Å². The molecule has 0 amide bonds. The lowest BCUT2D eigenvalue weighted by Gasteiger charge is -2.39. The standard InChI is InChI=1S/C11H25IOSi/c1-7-10(8-9-12)13-14(5,6)11(2,3)4/h10H,7-9H2,1-6H3. The molecule has 0 bridgehead atoms. The molecule has 1 unspecified atom stereocenters. The fourth-order valence-electron chi connectivity index (χ4n) is 1.06. The minimum Gasteiger partial charge on any atom is -0.414 e. The molecular weight excluding hydrogens is 303 g/mol. The molecule has 0 heterocycles. The molecule has 0 rings (SSSR count). The van der Waals surface area contributed by atoms with Gasteiger partial charge in [0.25, 0.3) is 0 Å². The summed E-state index contributed by atoms with van der Waals surface area (Å²) in [6.45, 7) is 13.8. The molecule has 1 nitrogen and oxygen atoms in total. The number of rotatable bonds is 5. The van der Waals surface area contributed by atoms with Crippen LogP contribution in [0.1, 0.15) is 40.5 Å². The Bertz CT molecular complexity index is 163. The number of halogens is 1. The summed E-state index contributed by atoms with van der Waals surface area (Å²) < 4.78 is 7.53. The summed E-state index contributed by atoms with van der Waals surface area (Å²) in [5.41, 5.74) is 0. The molecule has 0 aromatic carbocycles. The van der Waals surface area contributed by atoms with E-state index >= 15 is 0 Å². The van der Waals surface area contributed by atoms with Crippen LogP contribution in [0, 0.1) is 0 Å². The van der Waals surface area contributed by atoms with E-state index in [-0.39, 0.29) is 0 Å². The van der Waals surface area contributed by atoms with Crippen LogP contribution in [0.3, 0.4) is 0 Å². The summed E-state index contributed by atoms with van der Waals surface area (Å²) in [4.78, 5) is 0. The van der Waals surface area contributed by atoms with Gasteiger partial charge in [-0.1, -0.05) is 50.3 Å². The summed E-state index contributed by atoms with van der Waals surface area (Å²) in [6, 6.07) is 0. The van der Waals surface area contributed by atoms with Crippen molar-refractivity contribution in [1.29, 1.82) is 0 Å². The summed E-state index contributed by atoms with van der Waals surface area (Å²) >= 11 is 2.43. The Kier molecular flexibility index (Phi) is 6.22. The predicted octanol–water partition coefficient (Wildman–Crippen LogP) is 4.61. The second-order valence-electron chi connectivity index (χ2n) is 5.39. The molecule has 0 aliphatic heterocycles. The fraction of sp³-hybridized carbons (Fsp3) is 1.00. The summed E-state index contributed by atoms with van der Waals surface area (Å²) in [7, 11) is -1.53. The highest BCUT2D eigenvalue weighted by Crippen LogP contribution is 2.37. The average molecular weight is 328 g/mol. The number of alkyl halides is 1. The van der Waals surface area contributed by atoms with E-state index in [1.807, 2.05) is 0 Å². The van der Waals surface area contributed by atoms with E-state index in [1.54, 1.807) is 0 Å². The molecule has 0 fully saturated rings. The first-order valence-electron chi connectivity index (χ1n) is 5.48. The minimum absolute atomic E-state index is 0.339. The van der Waals surface area contributed by atoms with Crippen LogP contribution >= 0.6 is 22.6 Å². The van der Waals surface area contributed by atoms with E-state index in [0.29, 0.717) is 11.1 Å². The molecule has 0 aliphatic carbocycles. The Hall–Kier alpha value is 0.907. The second-order valence-corrected chi connectivity index (χ2v) is 11.2. The van der Waals surface area contributed by atoms with Crippen molar-refractivity contribution >= 4 is 30.9 Å². The number of hydrogen-bond donors (Lipinski definition) is 0. The highest BCUT2D eigenvalue weighted by molar-refractivity contribution is 14.1. The molecular formula is C11H25IOSi. The molecule has 0 saturated heterocycles. The maximum Gasteiger partial charge on any atom is 0.192 e. The zero-order valence-corrected chi connectivity index (χ0v) is 13.6. The van der Waals surface area contributed by atoms with Gasteiger partial charge in [-0.15, -0.1) is 0 Å². The molecule has 0 spiro atoms. The van der Waals surface area contributed by atoms with Gasteiger partial charge in [-0.05, 0) is 31.0 Å². The van der Waals surface area contributed by atoms with Crippen molar-refractivity contribution in [3.63, 3.8) is 0 Å². The van der Waals surface area contributed by atoms with Crippen LogP contribution in [0.15, 0.2) is 0 Å². The molecule has 0 saturated carbocycles. The summed E-state index contributed by atoms with van der Waals surface area (Å²) in [5, 5.41) is 0.339. The Labute approximate surface area is 104 Å². The molecule has 0 aromatic rings. The predicted molar refractivity (Wildman–Crippen MR) is 75.9 cm³/mol. The first kappa shape index (κ1) is 14.9. The molecule has 14 heavy (non-hydrogen) atoms. The van der Waals surface area contributed by atoms with Gasteiger partial charge in [0.2, 0.25) is 0 Å². The highest BCUT2D eigenvalue weighted by Gasteiger charge is 2.38. The largest absolute Gasteiger partial charge is 0.414 e. The van der Waals surface area contributed by atoms with Crippen LogP contribution in [-0.2, 0) is 4.43 Å². The highest BCUT2D eigenvalue weighted by atomic mass is 127. The van der Waals surface area contributed by atoms with Crippen LogP contribution in [-0.4, -0.2) is 18.8 Å². The fourth-order valence-corrected chi connectivity index (χ4v) is 3.23. The lowest BCUT2D eigenvalue weighted by atomic mass is 10.2. The van der Waals surface area contributed by atoms with Crippen molar-refractivity contribution in [1.82, 2.24) is 0 Å². The van der Waals surface area contributed by atoms with E-state index in [1.165, 1.54) is 10.8 Å². The lowest BCUT2D eigenvalue weighted by Crippen LogP contribution is -2.43. The topological polar surface area (TPSA) is 9.23 Å². The van der Waals surface area contributed by atoms with Gasteiger partial charge in [0, 0.05) is 10.5 Å². The van der Waals surface area contributed by atoms with Crippen molar-refractivity contribution in [2.45, 2.75) is 64.8 Å². The Balaban J connectivity index is 4.32. The summed E-state index contributed by atoms with van der Waals surface area (Å²) in [6.07, 6.45) is 2.83. The van der Waals surface area contributed by atoms with Gasteiger partial charge in [-0.25, -0.2) is 0 Å². The van der Waals surface area contributed by atoms with Gasteiger partial charge >= 0.3 is 0 Å². The Morgan fingerprint density at radius 1 is 1.29 bits per heavy atom. The smallest absolute Gasteiger partial charge is 0.192 e. The zero-order valence-electron chi connectivity index (χ0n) is 10.5. The maximum absolute atomic E-state index is 6.33. The van der Waals surface area contributed by atoms with Gasteiger partial charge < -0.3 is 4.43 Å². The molecule has 3 heteroatoms. The van der Waals surface area contributed by atoms with Crippen molar-refractivity contribution in [2.24, 2.45) is 0 Å². The normalized spacial score (nSPS) is 15.6. The van der Waals surface area contributed by atoms with E-state index in [9.17, 15) is 0 Å². The maximum atomic E-state index is 6.33. The molecule has 0 aliphatic rings. The molecule has 0 aromatic heterocycles. The first-order valence-corrected chi connectivity index (χ1v) is 9.91. The Morgan fingerprint density at radius 3 is 2.07 bits per heavy atom. The third kappa shape index (κ3) is 4.62. The Morgan fingerprint density at radius 2 is 1.79 bits per heavy atom. The van der Waals surface area contributed by atoms with Crippen LogP contribution in [0.25, 0.3) is 0 Å². The van der Waals surface area contributed by atoms with Crippen molar-refractivity contribution in [2.75, 3.05) is 4.43 Å². The average Bonchev–Trinajstić information content (AvgIpc) is 2.01. The van der Waals surface area contributed by atoms with Gasteiger partial charge in [0.15, 0.2) is 8.32 Å². The summed E-state index contributed by atoms with van der Waals surface area (Å²) in [5.74, 6) is 0. The number of hydrogen-bond acceptors (Lipinski definition) is 1. The molecule has 0 N–H and O–H groups in total. The molecule has 1 atom stereocenters. The van der Waals surface area contributed by atoms with Gasteiger partial charge in [0.05, 0.1) is 0 Å². The van der Waals surface area contributed by atoms with Crippen molar-refractivity contribution in [3.8, 4) is 0 Å². The van der Waals surface area contributed by atoms with E-state index in [4.69, 9.17) is 4.43 Å². The lowest BCUT2D eigenvalue weighted by molar-refractivity contribution is 0.174. The third-order valence-corrected chi connectivity index (χ3v) is 8.31.